The van der Waals surface area contributed by atoms with Crippen molar-refractivity contribution in [3.63, 3.8) is 0 Å². The number of rotatable bonds is 5. The van der Waals surface area contributed by atoms with Gasteiger partial charge in [0.2, 0.25) is 0 Å². The summed E-state index contributed by atoms with van der Waals surface area (Å²) in [7, 11) is 1.64. The number of hydrogen-bond donors (Lipinski definition) is 1. The Bertz CT molecular complexity index is 702. The summed E-state index contributed by atoms with van der Waals surface area (Å²) in [6.07, 6.45) is 0.779. The van der Waals surface area contributed by atoms with Gasteiger partial charge < -0.3 is 19.5 Å². The van der Waals surface area contributed by atoms with Crippen molar-refractivity contribution in [1.82, 2.24) is 5.32 Å². The van der Waals surface area contributed by atoms with Crippen LogP contribution in [0.5, 0.6) is 11.5 Å². The zero-order chi connectivity index (χ0) is 17.7. The van der Waals surface area contributed by atoms with Crippen LogP contribution in [0.1, 0.15) is 12.0 Å². The SMILES string of the molecule is COc1ccc(OCC2(c3ccc(Cl)c(Cl)c3)CCNCCO2)cc1.Cl. The Labute approximate surface area is 170 Å². The molecule has 0 aromatic heterocycles. The summed E-state index contributed by atoms with van der Waals surface area (Å²) in [6, 6.07) is 13.1. The molecule has 1 heterocycles. The van der Waals surface area contributed by atoms with E-state index in [9.17, 15) is 0 Å². The molecule has 142 valence electrons. The van der Waals surface area contributed by atoms with Crippen molar-refractivity contribution in [2.45, 2.75) is 12.0 Å². The number of methoxy groups -OCH3 is 1. The molecule has 1 atom stereocenters. The van der Waals surface area contributed by atoms with Gasteiger partial charge >= 0.3 is 0 Å². The van der Waals surface area contributed by atoms with Crippen LogP contribution < -0.4 is 14.8 Å². The second-order valence-electron chi connectivity index (χ2n) is 5.94. The first-order valence-corrected chi connectivity index (χ1v) is 8.96. The van der Waals surface area contributed by atoms with Crippen LogP contribution in [0.2, 0.25) is 10.0 Å². The van der Waals surface area contributed by atoms with E-state index in [4.69, 9.17) is 37.4 Å². The molecule has 0 radical (unpaired) electrons. The molecule has 2 aromatic rings. The third kappa shape index (κ3) is 4.96. The highest BCUT2D eigenvalue weighted by Crippen LogP contribution is 2.35. The Morgan fingerprint density at radius 2 is 1.77 bits per heavy atom. The summed E-state index contributed by atoms with van der Waals surface area (Å²) in [5.74, 6) is 1.56. The summed E-state index contributed by atoms with van der Waals surface area (Å²) in [4.78, 5) is 0. The maximum atomic E-state index is 6.23. The Balaban J connectivity index is 0.00000243. The fraction of sp³-hybridized carbons (Fsp3) is 0.368. The Hall–Kier alpha value is -1.17. The van der Waals surface area contributed by atoms with E-state index in [1.807, 2.05) is 36.4 Å². The van der Waals surface area contributed by atoms with Gasteiger partial charge in [0.05, 0.1) is 23.8 Å². The predicted octanol–water partition coefficient (Wildman–Crippen LogP) is 4.71. The maximum absolute atomic E-state index is 6.23. The average Bonchev–Trinajstić information content (AvgIpc) is 2.89. The highest BCUT2D eigenvalue weighted by Gasteiger charge is 2.36. The van der Waals surface area contributed by atoms with Gasteiger partial charge in [0.15, 0.2) is 0 Å². The first-order chi connectivity index (χ1) is 12.1. The lowest BCUT2D eigenvalue weighted by atomic mass is 9.91. The number of halogens is 3. The molecule has 1 aliphatic heterocycles. The molecule has 0 spiro atoms. The molecular weight excluding hydrogens is 397 g/mol. The van der Waals surface area contributed by atoms with Gasteiger partial charge in [0.25, 0.3) is 0 Å². The van der Waals surface area contributed by atoms with E-state index in [-0.39, 0.29) is 12.4 Å². The van der Waals surface area contributed by atoms with Crippen molar-refractivity contribution in [3.8, 4) is 11.5 Å². The monoisotopic (exact) mass is 417 g/mol. The summed E-state index contributed by atoms with van der Waals surface area (Å²) in [6.45, 7) is 2.64. The highest BCUT2D eigenvalue weighted by molar-refractivity contribution is 6.42. The van der Waals surface area contributed by atoms with E-state index in [2.05, 4.69) is 5.32 Å². The molecule has 7 heteroatoms. The van der Waals surface area contributed by atoms with Crippen molar-refractivity contribution in [2.24, 2.45) is 0 Å². The third-order valence-corrected chi connectivity index (χ3v) is 5.08. The van der Waals surface area contributed by atoms with Crippen LogP contribution >= 0.6 is 35.6 Å². The van der Waals surface area contributed by atoms with Crippen LogP contribution in [0.25, 0.3) is 0 Å². The summed E-state index contributed by atoms with van der Waals surface area (Å²) >= 11 is 12.3. The molecule has 1 aliphatic rings. The Morgan fingerprint density at radius 1 is 1.04 bits per heavy atom. The molecule has 0 amide bonds. The van der Waals surface area contributed by atoms with Crippen LogP contribution in [0.3, 0.4) is 0 Å². The molecule has 2 aromatic carbocycles. The van der Waals surface area contributed by atoms with Crippen LogP contribution in [0, 0.1) is 0 Å². The lowest BCUT2D eigenvalue weighted by molar-refractivity contribution is -0.0724. The zero-order valence-electron chi connectivity index (χ0n) is 14.5. The van der Waals surface area contributed by atoms with E-state index >= 15 is 0 Å². The average molecular weight is 419 g/mol. The predicted molar refractivity (Wildman–Crippen MR) is 107 cm³/mol. The van der Waals surface area contributed by atoms with Crippen LogP contribution in [0.4, 0.5) is 0 Å². The quantitative estimate of drug-likeness (QED) is 0.763. The molecule has 3 rings (SSSR count). The van der Waals surface area contributed by atoms with Gasteiger partial charge in [-0.25, -0.2) is 0 Å². The fourth-order valence-electron chi connectivity index (χ4n) is 2.88. The number of benzene rings is 2. The maximum Gasteiger partial charge on any atom is 0.128 e. The minimum Gasteiger partial charge on any atom is -0.497 e. The molecule has 4 nitrogen and oxygen atoms in total. The van der Waals surface area contributed by atoms with E-state index in [1.54, 1.807) is 13.2 Å². The van der Waals surface area contributed by atoms with Crippen LogP contribution in [-0.4, -0.2) is 33.4 Å². The molecule has 0 aliphatic carbocycles. The van der Waals surface area contributed by atoms with E-state index in [0.717, 1.165) is 36.6 Å². The second kappa shape index (κ2) is 9.67. The van der Waals surface area contributed by atoms with Crippen LogP contribution in [-0.2, 0) is 10.3 Å². The Kier molecular flexibility index (Phi) is 7.86. The molecule has 1 fully saturated rings. The smallest absolute Gasteiger partial charge is 0.128 e. The van der Waals surface area contributed by atoms with Gasteiger partial charge in [0.1, 0.15) is 23.7 Å². The summed E-state index contributed by atoms with van der Waals surface area (Å²) in [5, 5.41) is 4.40. The van der Waals surface area contributed by atoms with Gasteiger partial charge in [-0.05, 0) is 54.9 Å². The third-order valence-electron chi connectivity index (χ3n) is 4.34. The van der Waals surface area contributed by atoms with Crippen molar-refractivity contribution in [1.29, 1.82) is 0 Å². The zero-order valence-corrected chi connectivity index (χ0v) is 16.8. The number of hydrogen-bond acceptors (Lipinski definition) is 4. The van der Waals surface area contributed by atoms with Crippen LogP contribution in [0.15, 0.2) is 42.5 Å². The first kappa shape index (κ1) is 21.1. The normalized spacial score (nSPS) is 20.0. The van der Waals surface area contributed by atoms with Crippen molar-refractivity contribution < 1.29 is 14.2 Å². The van der Waals surface area contributed by atoms with E-state index < -0.39 is 5.60 Å². The Morgan fingerprint density at radius 3 is 2.46 bits per heavy atom. The van der Waals surface area contributed by atoms with Gasteiger partial charge in [-0.3, -0.25) is 0 Å². The second-order valence-corrected chi connectivity index (χ2v) is 6.75. The largest absolute Gasteiger partial charge is 0.497 e. The lowest BCUT2D eigenvalue weighted by Crippen LogP contribution is -2.37. The molecule has 0 bridgehead atoms. The first-order valence-electron chi connectivity index (χ1n) is 8.20. The minimum absolute atomic E-state index is 0. The standard InChI is InChI=1S/C19H21Cl2NO3.ClH/c1-23-15-3-5-16(6-4-15)24-13-19(8-9-22-10-11-25-19)14-2-7-17(20)18(21)12-14;/h2-7,12,22H,8-11,13H2,1H3;1H. The van der Waals surface area contributed by atoms with Crippen molar-refractivity contribution in [2.75, 3.05) is 33.4 Å². The van der Waals surface area contributed by atoms with E-state index in [1.165, 1.54) is 0 Å². The van der Waals surface area contributed by atoms with Gasteiger partial charge in [-0.15, -0.1) is 12.4 Å². The molecule has 26 heavy (non-hydrogen) atoms. The molecular formula is C19H22Cl3NO3. The minimum atomic E-state index is -0.572. The lowest BCUT2D eigenvalue weighted by Gasteiger charge is -2.33. The summed E-state index contributed by atoms with van der Waals surface area (Å²) < 4.78 is 17.4. The number of ether oxygens (including phenoxy) is 3. The molecule has 1 N–H and O–H groups in total. The van der Waals surface area contributed by atoms with Gasteiger partial charge in [-0.2, -0.15) is 0 Å². The topological polar surface area (TPSA) is 39.7 Å². The molecule has 0 saturated carbocycles. The van der Waals surface area contributed by atoms with Crippen molar-refractivity contribution in [3.05, 3.63) is 58.1 Å². The van der Waals surface area contributed by atoms with Gasteiger partial charge in [-0.1, -0.05) is 29.3 Å². The van der Waals surface area contributed by atoms with Gasteiger partial charge in [0, 0.05) is 6.54 Å². The number of nitrogens with one attached hydrogen (secondary N) is 1. The molecule has 1 unspecified atom stereocenters. The van der Waals surface area contributed by atoms with E-state index in [0.29, 0.717) is 23.3 Å². The fourth-order valence-corrected chi connectivity index (χ4v) is 3.18. The molecule has 1 saturated heterocycles. The van der Waals surface area contributed by atoms with Crippen molar-refractivity contribution >= 4 is 35.6 Å². The summed E-state index contributed by atoms with van der Waals surface area (Å²) in [5.41, 5.74) is 0.400. The highest BCUT2D eigenvalue weighted by atomic mass is 35.5.